The van der Waals surface area contributed by atoms with Gasteiger partial charge >= 0.3 is 0 Å². The fourth-order valence-corrected chi connectivity index (χ4v) is 4.07. The predicted octanol–water partition coefficient (Wildman–Crippen LogP) is 3.92. The Labute approximate surface area is 172 Å². The number of carbonyl (C=O) groups excluding carboxylic acids is 2. The fraction of sp³-hybridized carbons (Fsp3) is 0.190. The topological polar surface area (TPSA) is 73.2 Å². The lowest BCUT2D eigenvalue weighted by Gasteiger charge is -2.20. The number of hydrogen-bond acceptors (Lipinski definition) is 4. The van der Waals surface area contributed by atoms with Crippen LogP contribution in [0.4, 0.5) is 0 Å². The Bertz CT molecular complexity index is 1060. The van der Waals surface area contributed by atoms with Crippen molar-refractivity contribution in [2.75, 3.05) is 7.05 Å². The van der Waals surface area contributed by atoms with Crippen molar-refractivity contribution in [3.63, 3.8) is 0 Å². The monoisotopic (exact) mass is 411 g/mol. The van der Waals surface area contributed by atoms with Gasteiger partial charge in [0.05, 0.1) is 0 Å². The maximum absolute atomic E-state index is 12.7. The van der Waals surface area contributed by atoms with Gasteiger partial charge < -0.3 is 5.32 Å². The molecule has 0 aliphatic carbocycles. The lowest BCUT2D eigenvalue weighted by molar-refractivity contribution is -0.129. The second-order valence-electron chi connectivity index (χ2n) is 6.32. The number of carbonyl (C=O) groups is 2. The lowest BCUT2D eigenvalue weighted by Crippen LogP contribution is -2.47. The predicted molar refractivity (Wildman–Crippen MR) is 111 cm³/mol. The molecule has 1 atom stereocenters. The van der Waals surface area contributed by atoms with Gasteiger partial charge in [-0.25, -0.2) is 0 Å². The summed E-state index contributed by atoms with van der Waals surface area (Å²) < 4.78 is 1.11. The van der Waals surface area contributed by atoms with Crippen LogP contribution >= 0.6 is 22.9 Å². The van der Waals surface area contributed by atoms with E-state index in [1.165, 1.54) is 7.05 Å². The van der Waals surface area contributed by atoms with E-state index >= 15 is 0 Å². The summed E-state index contributed by atoms with van der Waals surface area (Å²) in [5, 5.41) is 14.9. The van der Waals surface area contributed by atoms with Crippen LogP contribution in [0.5, 0.6) is 0 Å². The molecule has 0 aliphatic heterocycles. The van der Waals surface area contributed by atoms with Crippen molar-refractivity contribution < 1.29 is 9.59 Å². The summed E-state index contributed by atoms with van der Waals surface area (Å²) in [6.45, 7) is 0. The zero-order valence-electron chi connectivity index (χ0n) is 15.2. The van der Waals surface area contributed by atoms with E-state index in [2.05, 4.69) is 5.32 Å². The SMILES string of the molecule is CN(C#N)C(=O)C(Cc1csc2ccccc12)NC(=O)c1cccc(CCl)c1. The standard InChI is InChI=1S/C21H18ClN3O2S/c1-25(13-23)21(27)18(10-16-12-28-19-8-3-2-7-17(16)19)24-20(26)15-6-4-5-14(9-15)11-22/h2-9,12,18H,10-11H2,1H3,(H,24,26). The molecular weight excluding hydrogens is 394 g/mol. The van der Waals surface area contributed by atoms with Gasteiger partial charge in [-0.3, -0.25) is 14.5 Å². The number of amides is 2. The Kier molecular flexibility index (Phi) is 6.30. The van der Waals surface area contributed by atoms with Crippen LogP contribution in [0.15, 0.2) is 53.9 Å². The van der Waals surface area contributed by atoms with Gasteiger partial charge in [0.1, 0.15) is 6.04 Å². The minimum absolute atomic E-state index is 0.293. The molecular formula is C21H18ClN3O2S. The number of rotatable bonds is 6. The molecule has 0 saturated carbocycles. The first-order valence-electron chi connectivity index (χ1n) is 8.61. The van der Waals surface area contributed by atoms with Crippen LogP contribution in [-0.2, 0) is 17.1 Å². The number of likely N-dealkylation sites (N-methyl/N-ethyl adjacent to an activating group) is 1. The van der Waals surface area contributed by atoms with Crippen LogP contribution in [0.25, 0.3) is 10.1 Å². The van der Waals surface area contributed by atoms with Crippen LogP contribution in [0, 0.1) is 11.5 Å². The summed E-state index contributed by atoms with van der Waals surface area (Å²) in [6, 6.07) is 14.0. The summed E-state index contributed by atoms with van der Waals surface area (Å²) in [5.41, 5.74) is 2.20. The number of hydrogen-bond donors (Lipinski definition) is 1. The van der Waals surface area contributed by atoms with E-state index < -0.39 is 11.9 Å². The molecule has 0 spiro atoms. The van der Waals surface area contributed by atoms with E-state index in [9.17, 15) is 9.59 Å². The molecule has 0 radical (unpaired) electrons. The minimum Gasteiger partial charge on any atom is -0.340 e. The van der Waals surface area contributed by atoms with E-state index in [0.29, 0.717) is 17.9 Å². The number of benzene rings is 2. The highest BCUT2D eigenvalue weighted by atomic mass is 35.5. The molecule has 0 bridgehead atoms. The third kappa shape index (κ3) is 4.33. The molecule has 7 heteroatoms. The van der Waals surface area contributed by atoms with Gasteiger partial charge in [0, 0.05) is 29.6 Å². The van der Waals surface area contributed by atoms with Gasteiger partial charge in [-0.15, -0.1) is 22.9 Å². The third-order valence-electron chi connectivity index (χ3n) is 4.41. The Hall–Kier alpha value is -2.88. The Morgan fingerprint density at radius 1 is 1.25 bits per heavy atom. The molecule has 0 fully saturated rings. The van der Waals surface area contributed by atoms with Crippen LogP contribution in [0.3, 0.4) is 0 Å². The Morgan fingerprint density at radius 3 is 2.79 bits per heavy atom. The second kappa shape index (κ2) is 8.87. The first-order chi connectivity index (χ1) is 13.5. The van der Waals surface area contributed by atoms with Crippen molar-refractivity contribution in [1.29, 1.82) is 5.26 Å². The van der Waals surface area contributed by atoms with Gasteiger partial charge in [0.2, 0.25) is 0 Å². The van der Waals surface area contributed by atoms with Crippen molar-refractivity contribution >= 4 is 44.8 Å². The van der Waals surface area contributed by atoms with Gasteiger partial charge in [0.15, 0.2) is 6.19 Å². The molecule has 2 aromatic carbocycles. The molecule has 28 heavy (non-hydrogen) atoms. The molecule has 1 unspecified atom stereocenters. The maximum atomic E-state index is 12.7. The van der Waals surface area contributed by atoms with E-state index in [1.54, 1.807) is 29.5 Å². The minimum atomic E-state index is -0.852. The van der Waals surface area contributed by atoms with E-state index in [-0.39, 0.29) is 5.91 Å². The summed E-state index contributed by atoms with van der Waals surface area (Å²) in [5.74, 6) is -0.544. The molecule has 2 amide bonds. The highest BCUT2D eigenvalue weighted by molar-refractivity contribution is 7.17. The van der Waals surface area contributed by atoms with E-state index in [4.69, 9.17) is 16.9 Å². The molecule has 1 aromatic heterocycles. The number of nitrogens with one attached hydrogen (secondary N) is 1. The van der Waals surface area contributed by atoms with Crippen molar-refractivity contribution in [3.05, 3.63) is 70.6 Å². The largest absolute Gasteiger partial charge is 0.340 e. The zero-order chi connectivity index (χ0) is 20.1. The average Bonchev–Trinajstić information content (AvgIpc) is 3.15. The van der Waals surface area contributed by atoms with Crippen molar-refractivity contribution in [3.8, 4) is 6.19 Å². The lowest BCUT2D eigenvalue weighted by atomic mass is 10.0. The van der Waals surface area contributed by atoms with Crippen LogP contribution < -0.4 is 5.32 Å². The highest BCUT2D eigenvalue weighted by Crippen LogP contribution is 2.27. The number of alkyl halides is 1. The highest BCUT2D eigenvalue weighted by Gasteiger charge is 2.26. The molecule has 0 saturated heterocycles. The first kappa shape index (κ1) is 19.9. The summed E-state index contributed by atoms with van der Waals surface area (Å²) >= 11 is 7.43. The van der Waals surface area contributed by atoms with Crippen LogP contribution in [-0.4, -0.2) is 29.8 Å². The Balaban J connectivity index is 1.87. The van der Waals surface area contributed by atoms with E-state index in [0.717, 1.165) is 26.1 Å². The summed E-state index contributed by atoms with van der Waals surface area (Å²) in [7, 11) is 1.39. The zero-order valence-corrected chi connectivity index (χ0v) is 16.8. The number of halogens is 1. The average molecular weight is 412 g/mol. The number of nitrogens with zero attached hydrogens (tertiary/aromatic N) is 2. The van der Waals surface area contributed by atoms with E-state index in [1.807, 2.05) is 41.9 Å². The van der Waals surface area contributed by atoms with Crippen molar-refractivity contribution in [2.45, 2.75) is 18.3 Å². The number of fused-ring (bicyclic) bond motifs is 1. The number of thiophene rings is 1. The van der Waals surface area contributed by atoms with Gasteiger partial charge in [0.25, 0.3) is 11.8 Å². The van der Waals surface area contributed by atoms with Gasteiger partial charge in [-0.1, -0.05) is 30.3 Å². The van der Waals surface area contributed by atoms with Gasteiger partial charge in [-0.2, -0.15) is 5.26 Å². The maximum Gasteiger partial charge on any atom is 0.258 e. The van der Waals surface area contributed by atoms with Gasteiger partial charge in [-0.05, 0) is 40.1 Å². The fourth-order valence-electron chi connectivity index (χ4n) is 2.93. The molecule has 3 rings (SSSR count). The molecule has 3 aromatic rings. The molecule has 1 N–H and O–H groups in total. The summed E-state index contributed by atoms with van der Waals surface area (Å²) in [4.78, 5) is 26.4. The number of nitriles is 1. The molecule has 1 heterocycles. The molecule has 0 aliphatic rings. The molecule has 142 valence electrons. The third-order valence-corrected chi connectivity index (χ3v) is 5.73. The Morgan fingerprint density at radius 2 is 2.04 bits per heavy atom. The van der Waals surface area contributed by atoms with Crippen LogP contribution in [0.1, 0.15) is 21.5 Å². The van der Waals surface area contributed by atoms with Crippen molar-refractivity contribution in [1.82, 2.24) is 10.2 Å². The smallest absolute Gasteiger partial charge is 0.258 e. The first-order valence-corrected chi connectivity index (χ1v) is 10.0. The quantitative estimate of drug-likeness (QED) is 0.379. The van der Waals surface area contributed by atoms with Crippen LogP contribution in [0.2, 0.25) is 0 Å². The molecule has 5 nitrogen and oxygen atoms in total. The summed E-state index contributed by atoms with van der Waals surface area (Å²) in [6.07, 6.45) is 2.11. The normalized spacial score (nSPS) is 11.6. The van der Waals surface area contributed by atoms with Crippen molar-refractivity contribution in [2.24, 2.45) is 0 Å². The second-order valence-corrected chi connectivity index (χ2v) is 7.50.